The summed E-state index contributed by atoms with van der Waals surface area (Å²) in [5.41, 5.74) is 2.93. The minimum absolute atomic E-state index is 0.475. The van der Waals surface area contributed by atoms with Crippen LogP contribution in [-0.4, -0.2) is 5.11 Å². The fourth-order valence-electron chi connectivity index (χ4n) is 2.15. The quantitative estimate of drug-likeness (QED) is 0.760. The monoisotopic (exact) mass is 190 g/mol. The van der Waals surface area contributed by atoms with Gasteiger partial charge in [-0.15, -0.1) is 0 Å². The van der Waals surface area contributed by atoms with E-state index in [4.69, 9.17) is 0 Å². The molecule has 0 saturated heterocycles. The second-order valence-corrected chi connectivity index (χ2v) is 4.74. The Balaban J connectivity index is 2.43. The lowest BCUT2D eigenvalue weighted by Gasteiger charge is -2.26. The molecule has 0 heterocycles. The Kier molecular flexibility index (Phi) is 2.15. The van der Waals surface area contributed by atoms with Crippen LogP contribution < -0.4 is 0 Å². The maximum absolute atomic E-state index is 10.4. The van der Waals surface area contributed by atoms with E-state index < -0.39 is 5.60 Å². The first-order valence-electron chi connectivity index (χ1n) is 5.32. The van der Waals surface area contributed by atoms with Crippen molar-refractivity contribution in [1.82, 2.24) is 0 Å². The van der Waals surface area contributed by atoms with E-state index in [0.29, 0.717) is 5.92 Å². The van der Waals surface area contributed by atoms with Gasteiger partial charge in [0, 0.05) is 0 Å². The van der Waals surface area contributed by atoms with E-state index >= 15 is 0 Å². The first-order chi connectivity index (χ1) is 6.51. The second kappa shape index (κ2) is 3.09. The van der Waals surface area contributed by atoms with Gasteiger partial charge in [-0.05, 0) is 50.7 Å². The molecule has 1 heteroatoms. The maximum atomic E-state index is 10.4. The fraction of sp³-hybridized carbons (Fsp3) is 0.538. The predicted octanol–water partition coefficient (Wildman–Crippen LogP) is 2.92. The van der Waals surface area contributed by atoms with Crippen molar-refractivity contribution in [2.24, 2.45) is 5.92 Å². The van der Waals surface area contributed by atoms with Gasteiger partial charge in [-0.25, -0.2) is 0 Å². The first kappa shape index (κ1) is 9.72. The van der Waals surface area contributed by atoms with Gasteiger partial charge in [-0.3, -0.25) is 0 Å². The molecule has 1 fully saturated rings. The van der Waals surface area contributed by atoms with E-state index in [-0.39, 0.29) is 0 Å². The van der Waals surface area contributed by atoms with Crippen molar-refractivity contribution in [1.29, 1.82) is 0 Å². The summed E-state index contributed by atoms with van der Waals surface area (Å²) in [5.74, 6) is 0.475. The number of benzene rings is 1. The summed E-state index contributed by atoms with van der Waals surface area (Å²) in [6.45, 7) is 6.10. The van der Waals surface area contributed by atoms with Crippen LogP contribution in [0.25, 0.3) is 0 Å². The summed E-state index contributed by atoms with van der Waals surface area (Å²) in [4.78, 5) is 0. The molecule has 1 aliphatic carbocycles. The largest absolute Gasteiger partial charge is 0.385 e. The molecule has 0 unspecified atom stereocenters. The van der Waals surface area contributed by atoms with Crippen molar-refractivity contribution in [3.05, 3.63) is 34.9 Å². The van der Waals surface area contributed by atoms with Crippen LogP contribution in [0.5, 0.6) is 0 Å². The zero-order chi connectivity index (χ0) is 10.3. The molecule has 1 N–H and O–H groups in total. The molecule has 0 radical (unpaired) electrons. The molecule has 1 aromatic rings. The van der Waals surface area contributed by atoms with Gasteiger partial charge in [0.05, 0.1) is 5.60 Å². The maximum Gasteiger partial charge on any atom is 0.0899 e. The average molecular weight is 190 g/mol. The van der Waals surface area contributed by atoms with Crippen LogP contribution in [0.15, 0.2) is 18.2 Å². The molecule has 2 rings (SSSR count). The van der Waals surface area contributed by atoms with Crippen molar-refractivity contribution in [2.75, 3.05) is 0 Å². The van der Waals surface area contributed by atoms with Crippen LogP contribution in [0.4, 0.5) is 0 Å². The highest BCUT2D eigenvalue weighted by molar-refractivity contribution is 5.35. The van der Waals surface area contributed by atoms with Gasteiger partial charge in [0.1, 0.15) is 0 Å². The standard InChI is InChI=1S/C13H18O/c1-9-4-5-10(2)12(8-9)13(3,14)11-6-7-11/h4-5,8,11,14H,6-7H2,1-3H3/t13-/m1/s1. The summed E-state index contributed by atoms with van der Waals surface area (Å²) >= 11 is 0. The Morgan fingerprint density at radius 3 is 2.50 bits per heavy atom. The Morgan fingerprint density at radius 1 is 1.29 bits per heavy atom. The summed E-state index contributed by atoms with van der Waals surface area (Å²) in [7, 11) is 0. The normalized spacial score (nSPS) is 20.6. The Bertz CT molecular complexity index is 348. The molecular formula is C13H18O. The number of aliphatic hydroxyl groups is 1. The lowest BCUT2D eigenvalue weighted by Crippen LogP contribution is -2.25. The van der Waals surface area contributed by atoms with Crippen molar-refractivity contribution in [2.45, 2.75) is 39.2 Å². The molecular weight excluding hydrogens is 172 g/mol. The molecule has 1 nitrogen and oxygen atoms in total. The number of hydrogen-bond donors (Lipinski definition) is 1. The van der Waals surface area contributed by atoms with Gasteiger partial charge in [-0.1, -0.05) is 23.8 Å². The van der Waals surface area contributed by atoms with Gasteiger partial charge in [-0.2, -0.15) is 0 Å². The van der Waals surface area contributed by atoms with Gasteiger partial charge < -0.3 is 5.11 Å². The van der Waals surface area contributed by atoms with Crippen molar-refractivity contribution >= 4 is 0 Å². The molecule has 0 amide bonds. The van der Waals surface area contributed by atoms with Gasteiger partial charge in [0.25, 0.3) is 0 Å². The average Bonchev–Trinajstić information content (AvgIpc) is 2.91. The van der Waals surface area contributed by atoms with Gasteiger partial charge in [0.2, 0.25) is 0 Å². The van der Waals surface area contributed by atoms with E-state index in [2.05, 4.69) is 32.0 Å². The van der Waals surface area contributed by atoms with Crippen LogP contribution in [0, 0.1) is 19.8 Å². The van der Waals surface area contributed by atoms with E-state index in [9.17, 15) is 5.11 Å². The molecule has 76 valence electrons. The van der Waals surface area contributed by atoms with Crippen LogP contribution in [0.2, 0.25) is 0 Å². The van der Waals surface area contributed by atoms with Gasteiger partial charge in [0.15, 0.2) is 0 Å². The number of rotatable bonds is 2. The Morgan fingerprint density at radius 2 is 1.93 bits per heavy atom. The van der Waals surface area contributed by atoms with E-state index in [0.717, 1.165) is 5.56 Å². The smallest absolute Gasteiger partial charge is 0.0899 e. The zero-order valence-electron chi connectivity index (χ0n) is 9.17. The molecule has 0 aliphatic heterocycles. The summed E-state index contributed by atoms with van der Waals surface area (Å²) in [6, 6.07) is 6.32. The molecule has 0 spiro atoms. The Hall–Kier alpha value is -0.820. The first-order valence-corrected chi connectivity index (χ1v) is 5.32. The minimum Gasteiger partial charge on any atom is -0.385 e. The van der Waals surface area contributed by atoms with Crippen LogP contribution in [-0.2, 0) is 5.60 Å². The SMILES string of the molecule is Cc1ccc(C)c([C@](C)(O)C2CC2)c1. The van der Waals surface area contributed by atoms with E-state index in [1.165, 1.54) is 24.0 Å². The lowest BCUT2D eigenvalue weighted by molar-refractivity contribution is 0.0324. The molecule has 0 bridgehead atoms. The third-order valence-electron chi connectivity index (χ3n) is 3.31. The number of hydrogen-bond acceptors (Lipinski definition) is 1. The van der Waals surface area contributed by atoms with E-state index in [1.807, 2.05) is 6.92 Å². The number of aryl methyl sites for hydroxylation is 2. The Labute approximate surface area is 85.8 Å². The summed E-state index contributed by atoms with van der Waals surface area (Å²) < 4.78 is 0. The predicted molar refractivity (Wildman–Crippen MR) is 58.2 cm³/mol. The highest BCUT2D eigenvalue weighted by atomic mass is 16.3. The zero-order valence-corrected chi connectivity index (χ0v) is 9.17. The van der Waals surface area contributed by atoms with E-state index in [1.54, 1.807) is 0 Å². The summed E-state index contributed by atoms with van der Waals surface area (Å²) in [6.07, 6.45) is 2.33. The molecule has 1 saturated carbocycles. The third-order valence-corrected chi connectivity index (χ3v) is 3.31. The topological polar surface area (TPSA) is 20.2 Å². The fourth-order valence-corrected chi connectivity index (χ4v) is 2.15. The highest BCUT2D eigenvalue weighted by Crippen LogP contribution is 2.46. The third kappa shape index (κ3) is 1.57. The molecule has 1 aliphatic rings. The highest BCUT2D eigenvalue weighted by Gasteiger charge is 2.41. The molecule has 1 atom stereocenters. The van der Waals surface area contributed by atoms with Gasteiger partial charge >= 0.3 is 0 Å². The van der Waals surface area contributed by atoms with Crippen LogP contribution in [0.1, 0.15) is 36.5 Å². The summed E-state index contributed by atoms with van der Waals surface area (Å²) in [5, 5.41) is 10.4. The van der Waals surface area contributed by atoms with Crippen molar-refractivity contribution in [3.8, 4) is 0 Å². The lowest BCUT2D eigenvalue weighted by atomic mass is 9.87. The van der Waals surface area contributed by atoms with Crippen LogP contribution >= 0.6 is 0 Å². The van der Waals surface area contributed by atoms with Crippen molar-refractivity contribution < 1.29 is 5.11 Å². The second-order valence-electron chi connectivity index (χ2n) is 4.74. The van der Waals surface area contributed by atoms with Crippen molar-refractivity contribution in [3.63, 3.8) is 0 Å². The van der Waals surface area contributed by atoms with Crippen LogP contribution in [0.3, 0.4) is 0 Å². The molecule has 0 aromatic heterocycles. The minimum atomic E-state index is -0.615. The molecule has 1 aromatic carbocycles. The molecule has 14 heavy (non-hydrogen) atoms.